The van der Waals surface area contributed by atoms with Crippen molar-refractivity contribution in [3.63, 3.8) is 0 Å². The summed E-state index contributed by atoms with van der Waals surface area (Å²) >= 11 is 0. The first-order valence-corrected chi connectivity index (χ1v) is 5.19. The maximum absolute atomic E-state index is 9.56. The molecule has 0 saturated heterocycles. The molecule has 3 nitrogen and oxygen atoms in total. The third-order valence-electron chi connectivity index (χ3n) is 3.04. The van der Waals surface area contributed by atoms with Gasteiger partial charge in [0.25, 0.3) is 0 Å². The van der Waals surface area contributed by atoms with Crippen LogP contribution in [0.4, 0.5) is 0 Å². The van der Waals surface area contributed by atoms with Crippen molar-refractivity contribution in [1.29, 1.82) is 0 Å². The average molecular weight is 186 g/mol. The molecule has 0 radical (unpaired) electrons. The van der Waals surface area contributed by atoms with E-state index in [0.717, 1.165) is 25.8 Å². The van der Waals surface area contributed by atoms with Crippen molar-refractivity contribution in [2.75, 3.05) is 20.6 Å². The van der Waals surface area contributed by atoms with Crippen molar-refractivity contribution in [3.8, 4) is 0 Å². The molecule has 78 valence electrons. The Labute approximate surface area is 81.1 Å². The molecule has 0 aliphatic heterocycles. The van der Waals surface area contributed by atoms with Gasteiger partial charge in [0, 0.05) is 18.6 Å². The normalized spacial score (nSPS) is 31.2. The van der Waals surface area contributed by atoms with Gasteiger partial charge in [-0.1, -0.05) is 0 Å². The van der Waals surface area contributed by atoms with Crippen LogP contribution in [0.5, 0.6) is 0 Å². The molecule has 1 aliphatic carbocycles. The SMILES string of the molecule is CC(CNC1CCCC1O)N(C)C. The first-order chi connectivity index (χ1) is 6.11. The van der Waals surface area contributed by atoms with E-state index in [1.807, 2.05) is 0 Å². The minimum absolute atomic E-state index is 0.116. The molecule has 3 unspecified atom stereocenters. The third-order valence-corrected chi connectivity index (χ3v) is 3.04. The minimum atomic E-state index is -0.116. The molecule has 13 heavy (non-hydrogen) atoms. The molecule has 0 aromatic carbocycles. The number of nitrogens with zero attached hydrogens (tertiary/aromatic N) is 1. The molecule has 3 atom stereocenters. The maximum atomic E-state index is 9.56. The first kappa shape index (κ1) is 11.0. The summed E-state index contributed by atoms with van der Waals surface area (Å²) in [5.74, 6) is 0. The fourth-order valence-electron chi connectivity index (χ4n) is 1.68. The van der Waals surface area contributed by atoms with Crippen LogP contribution in [-0.2, 0) is 0 Å². The lowest BCUT2D eigenvalue weighted by Crippen LogP contribution is -2.43. The van der Waals surface area contributed by atoms with Gasteiger partial charge >= 0.3 is 0 Å². The van der Waals surface area contributed by atoms with Gasteiger partial charge in [-0.2, -0.15) is 0 Å². The smallest absolute Gasteiger partial charge is 0.0693 e. The Morgan fingerprint density at radius 2 is 2.15 bits per heavy atom. The lowest BCUT2D eigenvalue weighted by molar-refractivity contribution is 0.144. The summed E-state index contributed by atoms with van der Waals surface area (Å²) < 4.78 is 0. The Morgan fingerprint density at radius 1 is 1.46 bits per heavy atom. The molecule has 0 heterocycles. The highest BCUT2D eigenvalue weighted by molar-refractivity contribution is 4.83. The zero-order valence-corrected chi connectivity index (χ0v) is 8.95. The van der Waals surface area contributed by atoms with E-state index < -0.39 is 0 Å². The topological polar surface area (TPSA) is 35.5 Å². The lowest BCUT2D eigenvalue weighted by Gasteiger charge is -2.23. The maximum Gasteiger partial charge on any atom is 0.0693 e. The second-order valence-electron chi connectivity index (χ2n) is 4.33. The summed E-state index contributed by atoms with van der Waals surface area (Å²) in [6, 6.07) is 0.871. The highest BCUT2D eigenvalue weighted by atomic mass is 16.3. The number of hydrogen-bond donors (Lipinski definition) is 2. The summed E-state index contributed by atoms with van der Waals surface area (Å²) in [7, 11) is 4.16. The van der Waals surface area contributed by atoms with Crippen LogP contribution >= 0.6 is 0 Å². The number of nitrogens with one attached hydrogen (secondary N) is 1. The molecular formula is C10H22N2O. The molecule has 2 N–H and O–H groups in total. The summed E-state index contributed by atoms with van der Waals surface area (Å²) in [5.41, 5.74) is 0. The number of rotatable bonds is 4. The van der Waals surface area contributed by atoms with Crippen molar-refractivity contribution in [2.45, 2.75) is 44.4 Å². The van der Waals surface area contributed by atoms with Crippen LogP contribution in [0.15, 0.2) is 0 Å². The summed E-state index contributed by atoms with van der Waals surface area (Å²) in [6.07, 6.45) is 3.14. The highest BCUT2D eigenvalue weighted by Gasteiger charge is 2.24. The molecule has 0 bridgehead atoms. The van der Waals surface area contributed by atoms with E-state index in [1.54, 1.807) is 0 Å². The van der Waals surface area contributed by atoms with E-state index >= 15 is 0 Å². The van der Waals surface area contributed by atoms with E-state index in [4.69, 9.17) is 0 Å². The fraction of sp³-hybridized carbons (Fsp3) is 1.00. The van der Waals surface area contributed by atoms with Crippen LogP contribution in [0.1, 0.15) is 26.2 Å². The number of aliphatic hydroxyl groups excluding tert-OH is 1. The van der Waals surface area contributed by atoms with Crippen molar-refractivity contribution in [3.05, 3.63) is 0 Å². The molecule has 1 rings (SSSR count). The van der Waals surface area contributed by atoms with Gasteiger partial charge in [-0.15, -0.1) is 0 Å². The largest absolute Gasteiger partial charge is 0.392 e. The predicted octanol–water partition coefficient (Wildman–Crippen LogP) is 0.440. The summed E-state index contributed by atoms with van der Waals surface area (Å²) in [5, 5.41) is 13.0. The van der Waals surface area contributed by atoms with E-state index in [2.05, 4.69) is 31.2 Å². The molecule has 0 amide bonds. The van der Waals surface area contributed by atoms with Crippen LogP contribution in [0.25, 0.3) is 0 Å². The molecular weight excluding hydrogens is 164 g/mol. The van der Waals surface area contributed by atoms with Gasteiger partial charge < -0.3 is 15.3 Å². The summed E-state index contributed by atoms with van der Waals surface area (Å²) in [6.45, 7) is 3.16. The van der Waals surface area contributed by atoms with Crippen molar-refractivity contribution < 1.29 is 5.11 Å². The molecule has 3 heteroatoms. The highest BCUT2D eigenvalue weighted by Crippen LogP contribution is 2.18. The monoisotopic (exact) mass is 186 g/mol. The molecule has 1 fully saturated rings. The zero-order chi connectivity index (χ0) is 9.84. The summed E-state index contributed by atoms with van der Waals surface area (Å²) in [4.78, 5) is 2.19. The van der Waals surface area contributed by atoms with Crippen molar-refractivity contribution >= 4 is 0 Å². The second-order valence-corrected chi connectivity index (χ2v) is 4.33. The van der Waals surface area contributed by atoms with Crippen LogP contribution in [0.2, 0.25) is 0 Å². The van der Waals surface area contributed by atoms with Gasteiger partial charge in [-0.05, 0) is 40.3 Å². The Morgan fingerprint density at radius 3 is 2.62 bits per heavy atom. The van der Waals surface area contributed by atoms with E-state index in [1.165, 1.54) is 0 Å². The van der Waals surface area contributed by atoms with E-state index in [-0.39, 0.29) is 6.10 Å². The van der Waals surface area contributed by atoms with Crippen molar-refractivity contribution in [2.24, 2.45) is 0 Å². The van der Waals surface area contributed by atoms with Crippen molar-refractivity contribution in [1.82, 2.24) is 10.2 Å². The van der Waals surface area contributed by atoms with Gasteiger partial charge in [-0.3, -0.25) is 0 Å². The Hall–Kier alpha value is -0.120. The predicted molar refractivity (Wildman–Crippen MR) is 54.8 cm³/mol. The van der Waals surface area contributed by atoms with Crippen LogP contribution in [0.3, 0.4) is 0 Å². The quantitative estimate of drug-likeness (QED) is 0.669. The number of likely N-dealkylation sites (N-methyl/N-ethyl adjacent to an activating group) is 1. The number of aliphatic hydroxyl groups is 1. The van der Waals surface area contributed by atoms with Gasteiger partial charge in [0.05, 0.1) is 6.10 Å². The lowest BCUT2D eigenvalue weighted by atomic mass is 10.2. The number of hydrogen-bond acceptors (Lipinski definition) is 3. The fourth-order valence-corrected chi connectivity index (χ4v) is 1.68. The average Bonchev–Trinajstić information content (AvgIpc) is 2.47. The molecule has 0 spiro atoms. The zero-order valence-electron chi connectivity index (χ0n) is 8.95. The Balaban J connectivity index is 2.18. The minimum Gasteiger partial charge on any atom is -0.392 e. The van der Waals surface area contributed by atoms with E-state index in [0.29, 0.717) is 12.1 Å². The standard InChI is InChI=1S/C10H22N2O/c1-8(12(2)3)7-11-9-5-4-6-10(9)13/h8-11,13H,4-7H2,1-3H3. The van der Waals surface area contributed by atoms with Gasteiger partial charge in [0.15, 0.2) is 0 Å². The van der Waals surface area contributed by atoms with E-state index in [9.17, 15) is 5.11 Å². The van der Waals surface area contributed by atoms with Gasteiger partial charge in [-0.25, -0.2) is 0 Å². The second kappa shape index (κ2) is 4.94. The first-order valence-electron chi connectivity index (χ1n) is 5.19. The third kappa shape index (κ3) is 3.25. The van der Waals surface area contributed by atoms with Gasteiger partial charge in [0.1, 0.15) is 0 Å². The molecule has 0 aromatic rings. The molecule has 1 saturated carbocycles. The molecule has 0 aromatic heterocycles. The molecule has 1 aliphatic rings. The van der Waals surface area contributed by atoms with Crippen LogP contribution in [-0.4, -0.2) is 48.8 Å². The van der Waals surface area contributed by atoms with Gasteiger partial charge in [0.2, 0.25) is 0 Å². The Bertz CT molecular complexity index is 150. The Kier molecular flexibility index (Phi) is 4.16. The van der Waals surface area contributed by atoms with Crippen LogP contribution in [0, 0.1) is 0 Å². The van der Waals surface area contributed by atoms with Crippen LogP contribution < -0.4 is 5.32 Å².